The fraction of sp³-hybridized carbons (Fsp3) is 0.440. The Bertz CT molecular complexity index is 1130. The molecule has 2 saturated heterocycles. The lowest BCUT2D eigenvalue weighted by Gasteiger charge is -2.31. The smallest absolute Gasteiger partial charge is 0.243 e. The molecule has 7 nitrogen and oxygen atoms in total. The van der Waals surface area contributed by atoms with Crippen molar-refractivity contribution in [3.8, 4) is 0 Å². The van der Waals surface area contributed by atoms with Gasteiger partial charge in [-0.05, 0) is 74.4 Å². The maximum atomic E-state index is 12.9. The molecule has 2 aromatic rings. The molecule has 2 aliphatic rings. The van der Waals surface area contributed by atoms with Gasteiger partial charge in [0.05, 0.1) is 4.90 Å². The van der Waals surface area contributed by atoms with E-state index in [2.05, 4.69) is 5.32 Å². The van der Waals surface area contributed by atoms with E-state index in [0.29, 0.717) is 50.3 Å². The van der Waals surface area contributed by atoms with E-state index >= 15 is 0 Å². The van der Waals surface area contributed by atoms with Gasteiger partial charge in [0, 0.05) is 31.9 Å². The summed E-state index contributed by atoms with van der Waals surface area (Å²) in [5.41, 5.74) is 3.13. The Labute approximate surface area is 195 Å². The Morgan fingerprint density at radius 2 is 1.67 bits per heavy atom. The highest BCUT2D eigenvalue weighted by Gasteiger charge is 2.38. The highest BCUT2D eigenvalue weighted by molar-refractivity contribution is 7.89. The molecule has 2 amide bonds. The third-order valence-corrected chi connectivity index (χ3v) is 8.76. The van der Waals surface area contributed by atoms with Crippen LogP contribution in [0.2, 0.25) is 0 Å². The molecule has 1 unspecified atom stereocenters. The summed E-state index contributed by atoms with van der Waals surface area (Å²) in [5.74, 6) is -0.848. The van der Waals surface area contributed by atoms with Gasteiger partial charge >= 0.3 is 0 Å². The number of aryl methyl sites for hydroxylation is 2. The number of hydrogen-bond donors (Lipinski definition) is 1. The third kappa shape index (κ3) is 4.96. The number of benzene rings is 2. The van der Waals surface area contributed by atoms with Crippen molar-refractivity contribution in [1.29, 1.82) is 0 Å². The zero-order valence-corrected chi connectivity index (χ0v) is 20.0. The van der Waals surface area contributed by atoms with Gasteiger partial charge in [-0.1, -0.05) is 24.3 Å². The summed E-state index contributed by atoms with van der Waals surface area (Å²) in [6.07, 6.45) is 1.87. The van der Waals surface area contributed by atoms with E-state index in [-0.39, 0.29) is 17.7 Å². The summed E-state index contributed by atoms with van der Waals surface area (Å²) >= 11 is 0. The summed E-state index contributed by atoms with van der Waals surface area (Å²) in [4.78, 5) is 27.6. The van der Waals surface area contributed by atoms with Crippen LogP contribution in [0.25, 0.3) is 0 Å². The fourth-order valence-corrected chi connectivity index (χ4v) is 6.03. The number of piperidine rings is 1. The number of nitrogens with zero attached hydrogens (tertiary/aromatic N) is 2. The first-order valence-corrected chi connectivity index (χ1v) is 12.9. The lowest BCUT2D eigenvalue weighted by Crippen LogP contribution is -2.43. The monoisotopic (exact) mass is 469 g/mol. The Morgan fingerprint density at radius 1 is 0.970 bits per heavy atom. The molecule has 176 valence electrons. The Hall–Kier alpha value is -2.71. The summed E-state index contributed by atoms with van der Waals surface area (Å²) in [5, 5.41) is 2.95. The molecule has 0 aromatic heterocycles. The molecule has 0 radical (unpaired) electrons. The Kier molecular flexibility index (Phi) is 6.86. The predicted molar refractivity (Wildman–Crippen MR) is 127 cm³/mol. The molecule has 2 fully saturated rings. The maximum absolute atomic E-state index is 12.9. The average molecular weight is 470 g/mol. The first-order valence-electron chi connectivity index (χ1n) is 11.5. The lowest BCUT2D eigenvalue weighted by atomic mass is 9.97. The minimum Gasteiger partial charge on any atom is -0.355 e. The van der Waals surface area contributed by atoms with E-state index in [1.54, 1.807) is 35.2 Å². The summed E-state index contributed by atoms with van der Waals surface area (Å²) < 4.78 is 27.1. The molecular weight excluding hydrogens is 438 g/mol. The number of sulfonamides is 1. The van der Waals surface area contributed by atoms with Crippen LogP contribution in [0, 0.1) is 25.7 Å². The van der Waals surface area contributed by atoms with E-state index in [9.17, 15) is 18.0 Å². The number of carbonyl (C=O) groups is 2. The highest BCUT2D eigenvalue weighted by Crippen LogP contribution is 2.28. The number of nitrogens with one attached hydrogen (secondary N) is 1. The maximum Gasteiger partial charge on any atom is 0.243 e. The number of carbonyl (C=O) groups excluding carboxylic acids is 2. The summed E-state index contributed by atoms with van der Waals surface area (Å²) in [6, 6.07) is 14.4. The van der Waals surface area contributed by atoms with E-state index < -0.39 is 15.9 Å². The molecule has 0 bridgehead atoms. The highest BCUT2D eigenvalue weighted by atomic mass is 32.2. The first-order chi connectivity index (χ1) is 15.8. The Morgan fingerprint density at radius 3 is 2.33 bits per heavy atom. The van der Waals surface area contributed by atoms with Gasteiger partial charge in [-0.2, -0.15) is 4.31 Å². The third-order valence-electron chi connectivity index (χ3n) is 6.84. The van der Waals surface area contributed by atoms with Crippen LogP contribution in [-0.4, -0.2) is 50.7 Å². The molecule has 1 atom stereocenters. The second-order valence-corrected chi connectivity index (χ2v) is 10.9. The number of amides is 2. The van der Waals surface area contributed by atoms with Crippen LogP contribution >= 0.6 is 0 Å². The van der Waals surface area contributed by atoms with Crippen molar-refractivity contribution < 1.29 is 18.0 Å². The van der Waals surface area contributed by atoms with Gasteiger partial charge in [0.25, 0.3) is 0 Å². The van der Waals surface area contributed by atoms with Gasteiger partial charge in [0.1, 0.15) is 5.92 Å². The van der Waals surface area contributed by atoms with Crippen molar-refractivity contribution in [2.75, 3.05) is 31.1 Å². The van der Waals surface area contributed by atoms with Crippen molar-refractivity contribution in [1.82, 2.24) is 9.62 Å². The summed E-state index contributed by atoms with van der Waals surface area (Å²) in [6.45, 7) is 5.91. The molecule has 0 spiro atoms. The zero-order valence-electron chi connectivity index (χ0n) is 19.2. The SMILES string of the molecule is Cc1ccc(N2CCC(C(=O)NCC3CCN(S(=O)(=O)c4ccccc4)CC3)C2=O)cc1C. The topological polar surface area (TPSA) is 86.8 Å². The largest absolute Gasteiger partial charge is 0.355 e. The van der Waals surface area contributed by atoms with E-state index in [4.69, 9.17) is 0 Å². The van der Waals surface area contributed by atoms with Crippen molar-refractivity contribution >= 4 is 27.5 Å². The predicted octanol–water partition coefficient (Wildman–Crippen LogP) is 2.87. The van der Waals surface area contributed by atoms with Crippen LogP contribution in [-0.2, 0) is 19.6 Å². The standard InChI is InChI=1S/C25H31N3O4S/c1-18-8-9-21(16-19(18)2)28-15-12-23(25(28)30)24(29)26-17-20-10-13-27(14-11-20)33(31,32)22-6-4-3-5-7-22/h3-9,16,20,23H,10-15,17H2,1-2H3,(H,26,29). The van der Waals surface area contributed by atoms with Crippen LogP contribution in [0.15, 0.2) is 53.4 Å². The van der Waals surface area contributed by atoms with Gasteiger partial charge in [-0.15, -0.1) is 0 Å². The fourth-order valence-electron chi connectivity index (χ4n) is 4.54. The van der Waals surface area contributed by atoms with Gasteiger partial charge in [0.15, 0.2) is 0 Å². The quantitative estimate of drug-likeness (QED) is 0.659. The van der Waals surface area contributed by atoms with Crippen molar-refractivity contribution in [2.45, 2.75) is 38.0 Å². The molecule has 0 saturated carbocycles. The number of anilines is 1. The average Bonchev–Trinajstić information content (AvgIpc) is 3.21. The number of rotatable bonds is 6. The van der Waals surface area contributed by atoms with Gasteiger partial charge < -0.3 is 10.2 Å². The van der Waals surface area contributed by atoms with E-state index in [0.717, 1.165) is 11.3 Å². The van der Waals surface area contributed by atoms with Crippen LogP contribution in [0.5, 0.6) is 0 Å². The minimum atomic E-state index is -3.48. The van der Waals surface area contributed by atoms with Crippen LogP contribution in [0.4, 0.5) is 5.69 Å². The summed E-state index contributed by atoms with van der Waals surface area (Å²) in [7, 11) is -3.48. The first kappa shape index (κ1) is 23.4. The zero-order chi connectivity index (χ0) is 23.6. The minimum absolute atomic E-state index is 0.153. The molecule has 2 aromatic carbocycles. The molecule has 1 N–H and O–H groups in total. The molecular formula is C25H31N3O4S. The Balaban J connectivity index is 1.28. The molecule has 0 aliphatic carbocycles. The molecule has 2 aliphatic heterocycles. The second kappa shape index (κ2) is 9.65. The van der Waals surface area contributed by atoms with Gasteiger partial charge in [-0.25, -0.2) is 8.42 Å². The normalized spacial score (nSPS) is 20.2. The lowest BCUT2D eigenvalue weighted by molar-refractivity contribution is -0.132. The van der Waals surface area contributed by atoms with Crippen molar-refractivity contribution in [2.24, 2.45) is 11.8 Å². The van der Waals surface area contributed by atoms with E-state index in [1.807, 2.05) is 32.0 Å². The molecule has 4 rings (SSSR count). The molecule has 8 heteroatoms. The van der Waals surface area contributed by atoms with Crippen molar-refractivity contribution in [3.63, 3.8) is 0 Å². The van der Waals surface area contributed by atoms with E-state index in [1.165, 1.54) is 9.87 Å². The molecule has 2 heterocycles. The number of hydrogen-bond acceptors (Lipinski definition) is 4. The van der Waals surface area contributed by atoms with Crippen molar-refractivity contribution in [3.05, 3.63) is 59.7 Å². The van der Waals surface area contributed by atoms with Crippen LogP contribution in [0.1, 0.15) is 30.4 Å². The van der Waals surface area contributed by atoms with Gasteiger partial charge in [-0.3, -0.25) is 9.59 Å². The molecule has 33 heavy (non-hydrogen) atoms. The van der Waals surface area contributed by atoms with Gasteiger partial charge in [0.2, 0.25) is 21.8 Å². The second-order valence-electron chi connectivity index (χ2n) is 9.01. The van der Waals surface area contributed by atoms with Crippen LogP contribution in [0.3, 0.4) is 0 Å². The van der Waals surface area contributed by atoms with Crippen LogP contribution < -0.4 is 10.2 Å².